The molecule has 1 amide bonds. The van der Waals surface area contributed by atoms with Gasteiger partial charge < -0.3 is 10.6 Å². The van der Waals surface area contributed by atoms with Crippen molar-refractivity contribution in [1.29, 1.82) is 0 Å². The molecule has 0 spiro atoms. The molecule has 0 unspecified atom stereocenters. The van der Waals surface area contributed by atoms with E-state index < -0.39 is 0 Å². The Labute approximate surface area is 123 Å². The number of aromatic nitrogens is 4. The fraction of sp³-hybridized carbons (Fsp3) is 0.333. The minimum atomic E-state index is -0.0278. The SMILES string of the molecule is CNCCC(=O)Nc1cccc(-n2nnnc2C)c1.Cl. The van der Waals surface area contributed by atoms with Crippen LogP contribution >= 0.6 is 12.4 Å². The molecule has 20 heavy (non-hydrogen) atoms. The number of amides is 1. The van der Waals surface area contributed by atoms with Gasteiger partial charge in [0.05, 0.1) is 5.69 Å². The van der Waals surface area contributed by atoms with Crippen LogP contribution in [0.2, 0.25) is 0 Å². The number of anilines is 1. The van der Waals surface area contributed by atoms with Gasteiger partial charge in [-0.25, -0.2) is 0 Å². The zero-order chi connectivity index (χ0) is 13.7. The lowest BCUT2D eigenvalue weighted by Crippen LogP contribution is -2.18. The molecule has 0 radical (unpaired) electrons. The van der Waals surface area contributed by atoms with Gasteiger partial charge in [-0.3, -0.25) is 4.79 Å². The summed E-state index contributed by atoms with van der Waals surface area (Å²) in [6, 6.07) is 7.40. The van der Waals surface area contributed by atoms with E-state index in [1.807, 2.05) is 38.2 Å². The lowest BCUT2D eigenvalue weighted by atomic mass is 10.2. The van der Waals surface area contributed by atoms with Gasteiger partial charge >= 0.3 is 0 Å². The van der Waals surface area contributed by atoms with E-state index in [-0.39, 0.29) is 18.3 Å². The smallest absolute Gasteiger partial charge is 0.225 e. The highest BCUT2D eigenvalue weighted by atomic mass is 35.5. The molecule has 2 rings (SSSR count). The largest absolute Gasteiger partial charge is 0.326 e. The molecule has 108 valence electrons. The van der Waals surface area contributed by atoms with Crippen LogP contribution in [0.25, 0.3) is 5.69 Å². The Morgan fingerprint density at radius 3 is 2.85 bits per heavy atom. The van der Waals surface area contributed by atoms with Crippen molar-refractivity contribution >= 4 is 24.0 Å². The van der Waals surface area contributed by atoms with E-state index in [0.717, 1.165) is 11.4 Å². The zero-order valence-corrected chi connectivity index (χ0v) is 12.1. The second-order valence-corrected chi connectivity index (χ2v) is 4.09. The van der Waals surface area contributed by atoms with Crippen LogP contribution in [0.3, 0.4) is 0 Å². The molecule has 0 fully saturated rings. The molecular formula is C12H17ClN6O. The molecule has 0 saturated heterocycles. The first kappa shape index (κ1) is 16.1. The summed E-state index contributed by atoms with van der Waals surface area (Å²) in [5.41, 5.74) is 1.54. The highest BCUT2D eigenvalue weighted by Gasteiger charge is 2.06. The lowest BCUT2D eigenvalue weighted by molar-refractivity contribution is -0.116. The average Bonchev–Trinajstić information content (AvgIpc) is 2.83. The Hall–Kier alpha value is -1.99. The number of nitrogens with zero attached hydrogens (tertiary/aromatic N) is 4. The highest BCUT2D eigenvalue weighted by Crippen LogP contribution is 2.14. The molecule has 0 aliphatic carbocycles. The number of nitrogens with one attached hydrogen (secondary N) is 2. The van der Waals surface area contributed by atoms with Gasteiger partial charge in [-0.15, -0.1) is 17.5 Å². The van der Waals surface area contributed by atoms with Crippen LogP contribution in [-0.2, 0) is 4.79 Å². The summed E-state index contributed by atoms with van der Waals surface area (Å²) in [5.74, 6) is 0.665. The number of hydrogen-bond acceptors (Lipinski definition) is 5. The van der Waals surface area contributed by atoms with Crippen molar-refractivity contribution < 1.29 is 4.79 Å². The molecule has 1 aromatic heterocycles. The van der Waals surface area contributed by atoms with Crippen LogP contribution < -0.4 is 10.6 Å². The van der Waals surface area contributed by atoms with Crippen molar-refractivity contribution in [2.24, 2.45) is 0 Å². The minimum Gasteiger partial charge on any atom is -0.326 e. The number of halogens is 1. The first-order valence-electron chi connectivity index (χ1n) is 6.00. The van der Waals surface area contributed by atoms with E-state index in [2.05, 4.69) is 26.2 Å². The van der Waals surface area contributed by atoms with Crippen LogP contribution in [0.1, 0.15) is 12.2 Å². The van der Waals surface area contributed by atoms with Gasteiger partial charge in [0.25, 0.3) is 0 Å². The summed E-state index contributed by atoms with van der Waals surface area (Å²) in [4.78, 5) is 11.6. The maximum atomic E-state index is 11.6. The van der Waals surface area contributed by atoms with E-state index in [4.69, 9.17) is 0 Å². The normalized spacial score (nSPS) is 9.90. The molecule has 0 aliphatic heterocycles. The standard InChI is InChI=1S/C12H16N6O.ClH/c1-9-15-16-17-18(9)11-5-3-4-10(8-11)14-12(19)6-7-13-2;/h3-5,8,13H,6-7H2,1-2H3,(H,14,19);1H. The first-order chi connectivity index (χ1) is 9.20. The monoisotopic (exact) mass is 296 g/mol. The number of carbonyl (C=O) groups is 1. The Kier molecular flexibility index (Phi) is 6.08. The molecular weight excluding hydrogens is 280 g/mol. The number of rotatable bonds is 5. The molecule has 1 aromatic carbocycles. The predicted molar refractivity (Wildman–Crippen MR) is 78.3 cm³/mol. The summed E-state index contributed by atoms with van der Waals surface area (Å²) < 4.78 is 1.61. The van der Waals surface area contributed by atoms with Crippen LogP contribution in [0, 0.1) is 6.92 Å². The van der Waals surface area contributed by atoms with Crippen molar-refractivity contribution in [2.45, 2.75) is 13.3 Å². The summed E-state index contributed by atoms with van der Waals surface area (Å²) in [6.45, 7) is 2.47. The maximum absolute atomic E-state index is 11.6. The van der Waals surface area contributed by atoms with E-state index in [9.17, 15) is 4.79 Å². The van der Waals surface area contributed by atoms with Crippen molar-refractivity contribution in [1.82, 2.24) is 25.5 Å². The minimum absolute atomic E-state index is 0. The molecule has 0 aliphatic rings. The van der Waals surface area contributed by atoms with Crippen LogP contribution in [0.15, 0.2) is 24.3 Å². The third-order valence-corrected chi connectivity index (χ3v) is 2.60. The van der Waals surface area contributed by atoms with Gasteiger partial charge in [0.2, 0.25) is 5.91 Å². The number of hydrogen-bond donors (Lipinski definition) is 2. The number of carbonyl (C=O) groups excluding carboxylic acids is 1. The summed E-state index contributed by atoms with van der Waals surface area (Å²) >= 11 is 0. The Morgan fingerprint density at radius 1 is 1.40 bits per heavy atom. The maximum Gasteiger partial charge on any atom is 0.225 e. The number of tetrazole rings is 1. The van der Waals surface area contributed by atoms with E-state index in [0.29, 0.717) is 18.8 Å². The fourth-order valence-corrected chi connectivity index (χ4v) is 1.65. The van der Waals surface area contributed by atoms with Gasteiger partial charge in [-0.05, 0) is 42.6 Å². The molecule has 0 atom stereocenters. The molecule has 0 bridgehead atoms. The second kappa shape index (κ2) is 7.56. The van der Waals surface area contributed by atoms with Crippen LogP contribution in [0.4, 0.5) is 5.69 Å². The topological polar surface area (TPSA) is 84.7 Å². The van der Waals surface area contributed by atoms with Gasteiger partial charge in [0.15, 0.2) is 5.82 Å². The quantitative estimate of drug-likeness (QED) is 0.858. The Balaban J connectivity index is 0.00000200. The van der Waals surface area contributed by atoms with Crippen LogP contribution in [-0.4, -0.2) is 39.7 Å². The summed E-state index contributed by atoms with van der Waals surface area (Å²) in [6.07, 6.45) is 0.435. The van der Waals surface area contributed by atoms with Crippen molar-refractivity contribution in [3.8, 4) is 5.69 Å². The summed E-state index contributed by atoms with van der Waals surface area (Å²) in [7, 11) is 1.81. The lowest BCUT2D eigenvalue weighted by Gasteiger charge is -2.07. The van der Waals surface area contributed by atoms with Crippen molar-refractivity contribution in [3.63, 3.8) is 0 Å². The average molecular weight is 297 g/mol. The Morgan fingerprint density at radius 2 is 2.20 bits per heavy atom. The molecule has 0 saturated carbocycles. The highest BCUT2D eigenvalue weighted by molar-refractivity contribution is 5.91. The van der Waals surface area contributed by atoms with Gasteiger partial charge in [-0.1, -0.05) is 6.07 Å². The third-order valence-electron chi connectivity index (χ3n) is 2.60. The van der Waals surface area contributed by atoms with Crippen molar-refractivity contribution in [2.75, 3.05) is 18.9 Å². The van der Waals surface area contributed by atoms with E-state index >= 15 is 0 Å². The fourth-order valence-electron chi connectivity index (χ4n) is 1.65. The third kappa shape index (κ3) is 4.01. The summed E-state index contributed by atoms with van der Waals surface area (Å²) in [5, 5.41) is 17.1. The molecule has 7 nitrogen and oxygen atoms in total. The molecule has 2 N–H and O–H groups in total. The van der Waals surface area contributed by atoms with Gasteiger partial charge in [0.1, 0.15) is 0 Å². The zero-order valence-electron chi connectivity index (χ0n) is 11.3. The predicted octanol–water partition coefficient (Wildman–Crippen LogP) is 0.941. The molecule has 1 heterocycles. The van der Waals surface area contributed by atoms with Gasteiger partial charge in [0, 0.05) is 18.7 Å². The first-order valence-corrected chi connectivity index (χ1v) is 6.00. The Bertz CT molecular complexity index is 571. The molecule has 2 aromatic rings. The van der Waals surface area contributed by atoms with Gasteiger partial charge in [-0.2, -0.15) is 4.68 Å². The van der Waals surface area contributed by atoms with Crippen molar-refractivity contribution in [3.05, 3.63) is 30.1 Å². The van der Waals surface area contributed by atoms with E-state index in [1.165, 1.54) is 0 Å². The van der Waals surface area contributed by atoms with Crippen LogP contribution in [0.5, 0.6) is 0 Å². The van der Waals surface area contributed by atoms with E-state index in [1.54, 1.807) is 4.68 Å². The second-order valence-electron chi connectivity index (χ2n) is 4.09. The molecule has 8 heteroatoms. The number of aryl methyl sites for hydroxylation is 1. The number of benzene rings is 1.